The van der Waals surface area contributed by atoms with E-state index in [-0.39, 0.29) is 11.4 Å². The first-order valence-corrected chi connectivity index (χ1v) is 10.9. The molecule has 1 amide bonds. The van der Waals surface area contributed by atoms with Crippen LogP contribution in [0, 0.1) is 5.41 Å². The quantitative estimate of drug-likeness (QED) is 0.392. The van der Waals surface area contributed by atoms with Gasteiger partial charge < -0.3 is 15.0 Å². The minimum Gasteiger partial charge on any atom is -0.457 e. The van der Waals surface area contributed by atoms with Gasteiger partial charge in [0.1, 0.15) is 23.6 Å². The van der Waals surface area contributed by atoms with Crippen LogP contribution in [0.2, 0.25) is 0 Å². The molecule has 1 fully saturated rings. The van der Waals surface area contributed by atoms with E-state index >= 15 is 0 Å². The van der Waals surface area contributed by atoms with E-state index in [4.69, 9.17) is 10.1 Å². The predicted octanol–water partition coefficient (Wildman–Crippen LogP) is 4.66. The lowest BCUT2D eigenvalue weighted by Gasteiger charge is -2.35. The van der Waals surface area contributed by atoms with Crippen LogP contribution in [-0.2, 0) is 4.79 Å². The average molecular weight is 442 g/mol. The van der Waals surface area contributed by atoms with E-state index < -0.39 is 0 Å². The molecule has 168 valence electrons. The summed E-state index contributed by atoms with van der Waals surface area (Å²) < 4.78 is 5.84. The molecule has 0 spiro atoms. The van der Waals surface area contributed by atoms with Crippen molar-refractivity contribution in [3.05, 3.63) is 90.9 Å². The van der Waals surface area contributed by atoms with Crippen LogP contribution in [0.4, 0.5) is 5.82 Å². The molecular formula is C26H27N5O2. The molecule has 0 aliphatic carbocycles. The van der Waals surface area contributed by atoms with Crippen LogP contribution in [-0.4, -0.2) is 45.1 Å². The lowest BCUT2D eigenvalue weighted by atomic mass is 9.98. The monoisotopic (exact) mass is 441 g/mol. The predicted molar refractivity (Wildman–Crippen MR) is 129 cm³/mol. The highest BCUT2D eigenvalue weighted by Crippen LogP contribution is 2.30. The number of carbonyl (C=O) groups is 1. The molecule has 1 aromatic heterocycles. The Balaban J connectivity index is 1.48. The molecule has 0 unspecified atom stereocenters. The summed E-state index contributed by atoms with van der Waals surface area (Å²) in [7, 11) is 0. The van der Waals surface area contributed by atoms with Gasteiger partial charge in [0.05, 0.1) is 16.8 Å². The molecule has 1 atom stereocenters. The zero-order valence-corrected chi connectivity index (χ0v) is 18.6. The topological polar surface area (TPSA) is 91.2 Å². The number of benzene rings is 2. The maximum atomic E-state index is 12.3. The largest absolute Gasteiger partial charge is 0.457 e. The summed E-state index contributed by atoms with van der Waals surface area (Å²) in [4.78, 5) is 22.6. The van der Waals surface area contributed by atoms with Crippen molar-refractivity contribution in [3.63, 3.8) is 0 Å². The fourth-order valence-electron chi connectivity index (χ4n) is 4.09. The number of nitrogens with zero attached hydrogens (tertiary/aromatic N) is 3. The molecule has 7 nitrogen and oxygen atoms in total. The highest BCUT2D eigenvalue weighted by molar-refractivity contribution is 6.13. The Labute approximate surface area is 193 Å². The third kappa shape index (κ3) is 4.92. The van der Waals surface area contributed by atoms with Crippen LogP contribution in [0.15, 0.2) is 79.8 Å². The van der Waals surface area contributed by atoms with Crippen molar-refractivity contribution >= 4 is 17.4 Å². The number of hydrogen-bond acceptors (Lipinski definition) is 6. The van der Waals surface area contributed by atoms with Gasteiger partial charge in [-0.1, -0.05) is 24.8 Å². The number of amides is 1. The van der Waals surface area contributed by atoms with E-state index in [1.807, 2.05) is 59.5 Å². The van der Waals surface area contributed by atoms with Crippen molar-refractivity contribution in [2.24, 2.45) is 0 Å². The number of likely N-dealkylation sites (tertiary alicyclic amines) is 1. The summed E-state index contributed by atoms with van der Waals surface area (Å²) in [6, 6.07) is 16.9. The van der Waals surface area contributed by atoms with E-state index in [2.05, 4.69) is 28.8 Å². The molecule has 0 bridgehead atoms. The van der Waals surface area contributed by atoms with Crippen LogP contribution in [0.5, 0.6) is 11.5 Å². The molecule has 2 aromatic carbocycles. The first kappa shape index (κ1) is 22.2. The summed E-state index contributed by atoms with van der Waals surface area (Å²) in [5, 5.41) is 12.1. The molecule has 2 N–H and O–H groups in total. The van der Waals surface area contributed by atoms with Crippen LogP contribution >= 0.6 is 0 Å². The molecule has 3 aromatic rings. The van der Waals surface area contributed by atoms with Crippen LogP contribution in [0.1, 0.15) is 30.9 Å². The maximum absolute atomic E-state index is 12.3. The van der Waals surface area contributed by atoms with Gasteiger partial charge in [-0.3, -0.25) is 10.2 Å². The smallest absolute Gasteiger partial charge is 0.246 e. The number of aromatic nitrogens is 2. The normalized spacial score (nSPS) is 17.4. The fraction of sp³-hybridized carbons (Fsp3) is 0.231. The third-order valence-corrected chi connectivity index (χ3v) is 5.93. The molecule has 1 aliphatic heterocycles. The summed E-state index contributed by atoms with van der Waals surface area (Å²) >= 11 is 0. The standard InChI is InChI=1S/C26H27N5O2/c1-3-23(32)31-15-7-14-26(31,2)17-29-25-22(16-28-18-30-25)24(27)19-10-12-21(13-11-19)33-20-8-5-4-6-9-20/h3-6,8-13,16,18,27H,1,7,14-15,17H2,2H3,(H,28,29,30)/t26-/m0/s1. The Morgan fingerprint density at radius 3 is 2.67 bits per heavy atom. The summed E-state index contributed by atoms with van der Waals surface area (Å²) in [5.41, 5.74) is 1.28. The average Bonchev–Trinajstić information content (AvgIpc) is 3.25. The summed E-state index contributed by atoms with van der Waals surface area (Å²) in [6.45, 7) is 6.92. The van der Waals surface area contributed by atoms with E-state index in [9.17, 15) is 4.79 Å². The van der Waals surface area contributed by atoms with Gasteiger partial charge in [-0.15, -0.1) is 0 Å². The second-order valence-corrected chi connectivity index (χ2v) is 8.25. The van der Waals surface area contributed by atoms with Crippen LogP contribution in [0.25, 0.3) is 0 Å². The number of anilines is 1. The fourth-order valence-corrected chi connectivity index (χ4v) is 4.09. The summed E-state index contributed by atoms with van der Waals surface area (Å²) in [5.74, 6) is 1.96. The number of ether oxygens (including phenoxy) is 1. The van der Waals surface area contributed by atoms with Gasteiger partial charge in [0.15, 0.2) is 0 Å². The van der Waals surface area contributed by atoms with Gasteiger partial charge in [-0.25, -0.2) is 9.97 Å². The second kappa shape index (κ2) is 9.65. The van der Waals surface area contributed by atoms with Gasteiger partial charge in [-0.2, -0.15) is 0 Å². The Morgan fingerprint density at radius 1 is 1.21 bits per heavy atom. The van der Waals surface area contributed by atoms with Gasteiger partial charge in [0, 0.05) is 24.8 Å². The van der Waals surface area contributed by atoms with Crippen molar-refractivity contribution in [1.82, 2.24) is 14.9 Å². The van der Waals surface area contributed by atoms with Gasteiger partial charge in [0.25, 0.3) is 0 Å². The molecule has 33 heavy (non-hydrogen) atoms. The number of para-hydroxylation sites is 1. The number of hydrogen-bond donors (Lipinski definition) is 2. The molecule has 1 aliphatic rings. The minimum absolute atomic E-state index is 0.0646. The van der Waals surface area contributed by atoms with E-state index in [1.165, 1.54) is 12.4 Å². The molecule has 4 rings (SSSR count). The maximum Gasteiger partial charge on any atom is 0.246 e. The van der Waals surface area contributed by atoms with Crippen molar-refractivity contribution in [1.29, 1.82) is 5.41 Å². The van der Waals surface area contributed by atoms with E-state index in [0.717, 1.165) is 24.2 Å². The van der Waals surface area contributed by atoms with Gasteiger partial charge in [-0.05, 0) is 62.2 Å². The Kier molecular flexibility index (Phi) is 6.49. The first-order valence-electron chi connectivity index (χ1n) is 10.9. The molecule has 0 saturated carbocycles. The molecule has 7 heteroatoms. The zero-order chi connectivity index (χ0) is 23.3. The molecule has 1 saturated heterocycles. The zero-order valence-electron chi connectivity index (χ0n) is 18.6. The highest BCUT2D eigenvalue weighted by Gasteiger charge is 2.38. The minimum atomic E-state index is -0.341. The number of rotatable bonds is 8. The molecule has 0 radical (unpaired) electrons. The lowest BCUT2D eigenvalue weighted by Crippen LogP contribution is -2.49. The van der Waals surface area contributed by atoms with E-state index in [1.54, 1.807) is 6.20 Å². The highest BCUT2D eigenvalue weighted by atomic mass is 16.5. The third-order valence-electron chi connectivity index (χ3n) is 5.93. The van der Waals surface area contributed by atoms with Crippen molar-refractivity contribution in [2.75, 3.05) is 18.4 Å². The summed E-state index contributed by atoms with van der Waals surface area (Å²) in [6.07, 6.45) is 6.29. The van der Waals surface area contributed by atoms with Crippen molar-refractivity contribution in [2.45, 2.75) is 25.3 Å². The molecular weight excluding hydrogens is 414 g/mol. The lowest BCUT2D eigenvalue weighted by molar-refractivity contribution is -0.129. The van der Waals surface area contributed by atoms with Crippen molar-refractivity contribution < 1.29 is 9.53 Å². The second-order valence-electron chi connectivity index (χ2n) is 8.25. The van der Waals surface area contributed by atoms with E-state index in [0.29, 0.717) is 35.9 Å². The molecule has 2 heterocycles. The van der Waals surface area contributed by atoms with Crippen LogP contribution < -0.4 is 10.1 Å². The Bertz CT molecular complexity index is 1150. The first-order chi connectivity index (χ1) is 16.0. The Hall–Kier alpha value is -4.00. The van der Waals surface area contributed by atoms with Crippen LogP contribution in [0.3, 0.4) is 0 Å². The van der Waals surface area contributed by atoms with Gasteiger partial charge in [0.2, 0.25) is 5.91 Å². The van der Waals surface area contributed by atoms with Gasteiger partial charge >= 0.3 is 0 Å². The Morgan fingerprint density at radius 2 is 1.94 bits per heavy atom. The SMILES string of the molecule is C=CC(=O)N1CCC[C@@]1(C)CNc1ncncc1C(=N)c1ccc(Oc2ccccc2)cc1. The number of nitrogens with one attached hydrogen (secondary N) is 2. The number of carbonyl (C=O) groups excluding carboxylic acids is 1. The van der Waals surface area contributed by atoms with Crippen molar-refractivity contribution in [3.8, 4) is 11.5 Å².